The number of carbonyl (C=O) groups excluding carboxylic acids is 1. The molecule has 7 nitrogen and oxygen atoms in total. The van der Waals surface area contributed by atoms with Crippen LogP contribution in [0.5, 0.6) is 11.5 Å². The minimum Gasteiger partial charge on any atom is -0.506 e. The van der Waals surface area contributed by atoms with E-state index in [0.29, 0.717) is 32.4 Å². The summed E-state index contributed by atoms with van der Waals surface area (Å²) in [6.45, 7) is 7.41. The molecule has 1 aliphatic heterocycles. The molecule has 1 aromatic heterocycles. The Morgan fingerprint density at radius 3 is 2.69 bits per heavy atom. The summed E-state index contributed by atoms with van der Waals surface area (Å²) >= 11 is 13.3. The van der Waals surface area contributed by atoms with Gasteiger partial charge in [-0.2, -0.15) is 0 Å². The van der Waals surface area contributed by atoms with Gasteiger partial charge in [0, 0.05) is 16.1 Å². The summed E-state index contributed by atoms with van der Waals surface area (Å²) in [5, 5.41) is 10.8. The van der Waals surface area contributed by atoms with E-state index in [1.54, 1.807) is 19.9 Å². The van der Waals surface area contributed by atoms with Gasteiger partial charge < -0.3 is 14.6 Å². The Morgan fingerprint density at radius 1 is 1.28 bits per heavy atom. The molecule has 36 heavy (non-hydrogen) atoms. The van der Waals surface area contributed by atoms with E-state index in [0.717, 1.165) is 11.3 Å². The minimum atomic E-state index is -0.825. The molecule has 10 heteroatoms. The van der Waals surface area contributed by atoms with Crippen LogP contribution in [0.3, 0.4) is 0 Å². The van der Waals surface area contributed by atoms with Gasteiger partial charge in [0.15, 0.2) is 4.80 Å². The molecule has 1 N–H and O–H groups in total. The van der Waals surface area contributed by atoms with Gasteiger partial charge in [0.25, 0.3) is 5.56 Å². The van der Waals surface area contributed by atoms with Crippen molar-refractivity contribution in [3.63, 3.8) is 0 Å². The molecule has 0 bridgehead atoms. The summed E-state index contributed by atoms with van der Waals surface area (Å²) in [7, 11) is 0. The molecule has 0 unspecified atom stereocenters. The van der Waals surface area contributed by atoms with Gasteiger partial charge in [-0.3, -0.25) is 9.36 Å². The SMILES string of the molecule is CCOC(=O)C1=C(C)N=c2s/c(=C/c3cc(Cl)cc(Cl)c3O)c(=O)n2[C@H]1c1ccccc1OC(C)C. The largest absolute Gasteiger partial charge is 0.506 e. The molecule has 2 heterocycles. The predicted octanol–water partition coefficient (Wildman–Crippen LogP) is 4.60. The maximum Gasteiger partial charge on any atom is 0.338 e. The van der Waals surface area contributed by atoms with E-state index in [9.17, 15) is 14.7 Å². The molecule has 4 rings (SSSR count). The monoisotopic (exact) mass is 546 g/mol. The Balaban J connectivity index is 2.01. The zero-order chi connectivity index (χ0) is 26.1. The quantitative estimate of drug-likeness (QED) is 0.456. The molecule has 1 atom stereocenters. The molecule has 0 saturated heterocycles. The number of fused-ring (bicyclic) bond motifs is 1. The van der Waals surface area contributed by atoms with Crippen molar-refractivity contribution in [1.82, 2.24) is 4.57 Å². The van der Waals surface area contributed by atoms with Gasteiger partial charge in [-0.1, -0.05) is 52.7 Å². The number of phenols is 1. The summed E-state index contributed by atoms with van der Waals surface area (Å²) < 4.78 is 13.1. The first-order chi connectivity index (χ1) is 17.1. The van der Waals surface area contributed by atoms with Crippen molar-refractivity contribution in [2.75, 3.05) is 6.61 Å². The van der Waals surface area contributed by atoms with Crippen LogP contribution >= 0.6 is 34.5 Å². The molecule has 0 aliphatic carbocycles. The predicted molar refractivity (Wildman–Crippen MR) is 141 cm³/mol. The van der Waals surface area contributed by atoms with Gasteiger partial charge in [-0.25, -0.2) is 9.79 Å². The highest BCUT2D eigenvalue weighted by molar-refractivity contribution is 7.07. The van der Waals surface area contributed by atoms with Gasteiger partial charge in [0.2, 0.25) is 0 Å². The normalized spacial score (nSPS) is 15.6. The fraction of sp³-hybridized carbons (Fsp3) is 0.269. The summed E-state index contributed by atoms with van der Waals surface area (Å²) in [6.07, 6.45) is 1.38. The van der Waals surface area contributed by atoms with Crippen LogP contribution in [-0.4, -0.2) is 28.4 Å². The number of nitrogens with zero attached hydrogens (tertiary/aromatic N) is 2. The number of thiazole rings is 1. The summed E-state index contributed by atoms with van der Waals surface area (Å²) in [6, 6.07) is 9.38. The van der Waals surface area contributed by atoms with Crippen LogP contribution < -0.4 is 19.6 Å². The van der Waals surface area contributed by atoms with Gasteiger partial charge in [-0.15, -0.1) is 0 Å². The minimum absolute atomic E-state index is 0.0691. The third kappa shape index (κ3) is 4.93. The number of phenolic OH excluding ortho intramolecular Hbond substituents is 1. The first-order valence-electron chi connectivity index (χ1n) is 11.3. The number of hydrogen-bond donors (Lipinski definition) is 1. The van der Waals surface area contributed by atoms with Crippen molar-refractivity contribution in [3.05, 3.63) is 88.5 Å². The van der Waals surface area contributed by atoms with E-state index in [2.05, 4.69) is 4.99 Å². The Kier molecular flexibility index (Phi) is 7.59. The molecule has 3 aromatic rings. The zero-order valence-corrected chi connectivity index (χ0v) is 22.4. The number of aromatic hydroxyl groups is 1. The topological polar surface area (TPSA) is 90.1 Å². The number of halogens is 2. The van der Waals surface area contributed by atoms with Crippen LogP contribution in [0.4, 0.5) is 0 Å². The average Bonchev–Trinajstić information content (AvgIpc) is 3.11. The lowest BCUT2D eigenvalue weighted by molar-refractivity contribution is -0.139. The maximum absolute atomic E-state index is 13.8. The first-order valence-corrected chi connectivity index (χ1v) is 12.8. The Bertz CT molecular complexity index is 1560. The smallest absolute Gasteiger partial charge is 0.338 e. The molecule has 0 radical (unpaired) electrons. The standard InChI is InChI=1S/C26H24Cl2N2O5S/c1-5-34-25(33)21-14(4)29-26-30(22(21)17-8-6-7-9-19(17)35-13(2)3)24(32)20(36-26)11-15-10-16(27)12-18(28)23(15)31/h6-13,22,31H,5H2,1-4H3/b20-11+/t22-/m0/s1. The van der Waals surface area contributed by atoms with Crippen LogP contribution in [0.25, 0.3) is 6.08 Å². The highest BCUT2D eigenvalue weighted by Gasteiger charge is 2.35. The fourth-order valence-electron chi connectivity index (χ4n) is 3.99. The molecule has 2 aromatic carbocycles. The second-order valence-corrected chi connectivity index (χ2v) is 10.2. The van der Waals surface area contributed by atoms with Crippen LogP contribution in [0.2, 0.25) is 10.0 Å². The van der Waals surface area contributed by atoms with Crippen molar-refractivity contribution in [1.29, 1.82) is 0 Å². The van der Waals surface area contributed by atoms with Gasteiger partial charge in [0.1, 0.15) is 17.5 Å². The fourth-order valence-corrected chi connectivity index (χ4v) is 5.54. The van der Waals surface area contributed by atoms with E-state index in [4.69, 9.17) is 32.7 Å². The summed E-state index contributed by atoms with van der Waals surface area (Å²) in [5.41, 5.74) is 1.22. The van der Waals surface area contributed by atoms with Crippen molar-refractivity contribution in [2.45, 2.75) is 39.8 Å². The summed E-state index contributed by atoms with van der Waals surface area (Å²) in [4.78, 5) is 31.8. The van der Waals surface area contributed by atoms with E-state index in [1.165, 1.54) is 22.8 Å². The van der Waals surface area contributed by atoms with E-state index >= 15 is 0 Å². The molecular weight excluding hydrogens is 523 g/mol. The second-order valence-electron chi connectivity index (χ2n) is 8.33. The van der Waals surface area contributed by atoms with Crippen LogP contribution in [0.1, 0.15) is 44.9 Å². The molecule has 1 aliphatic rings. The highest BCUT2D eigenvalue weighted by atomic mass is 35.5. The zero-order valence-electron chi connectivity index (χ0n) is 20.0. The summed E-state index contributed by atoms with van der Waals surface area (Å²) in [5.74, 6) is -0.206. The molecular formula is C26H24Cl2N2O5S. The molecule has 0 amide bonds. The number of para-hydroxylation sites is 1. The number of hydrogen-bond acceptors (Lipinski definition) is 7. The van der Waals surface area contributed by atoms with E-state index in [1.807, 2.05) is 32.0 Å². The second kappa shape index (κ2) is 10.5. The number of aromatic nitrogens is 1. The van der Waals surface area contributed by atoms with Crippen molar-refractivity contribution >= 4 is 46.6 Å². The molecule has 0 fully saturated rings. The third-order valence-corrected chi connectivity index (χ3v) is 6.93. The Hall–Kier alpha value is -3.07. The molecule has 188 valence electrons. The molecule has 0 saturated carbocycles. The van der Waals surface area contributed by atoms with Gasteiger partial charge >= 0.3 is 5.97 Å². The average molecular weight is 547 g/mol. The van der Waals surface area contributed by atoms with Crippen molar-refractivity contribution in [3.8, 4) is 11.5 Å². The maximum atomic E-state index is 13.8. The number of ether oxygens (including phenoxy) is 2. The van der Waals surface area contributed by atoms with Crippen LogP contribution in [-0.2, 0) is 9.53 Å². The first kappa shape index (κ1) is 26.0. The lowest BCUT2D eigenvalue weighted by Crippen LogP contribution is -2.40. The van der Waals surface area contributed by atoms with Gasteiger partial charge in [0.05, 0.1) is 33.5 Å². The number of esters is 1. The third-order valence-electron chi connectivity index (χ3n) is 5.44. The lowest BCUT2D eigenvalue weighted by atomic mass is 9.95. The van der Waals surface area contributed by atoms with Crippen molar-refractivity contribution in [2.24, 2.45) is 4.99 Å². The Morgan fingerprint density at radius 2 is 2.00 bits per heavy atom. The van der Waals surface area contributed by atoms with E-state index < -0.39 is 17.6 Å². The van der Waals surface area contributed by atoms with Crippen molar-refractivity contribution < 1.29 is 19.4 Å². The lowest BCUT2D eigenvalue weighted by Gasteiger charge is -2.26. The number of allylic oxidation sites excluding steroid dienone is 1. The van der Waals surface area contributed by atoms with Crippen LogP contribution in [0, 0.1) is 0 Å². The highest BCUT2D eigenvalue weighted by Crippen LogP contribution is 2.36. The van der Waals surface area contributed by atoms with Crippen LogP contribution in [0.15, 0.2) is 57.5 Å². The number of carbonyl (C=O) groups is 1. The number of rotatable bonds is 6. The van der Waals surface area contributed by atoms with Gasteiger partial charge in [-0.05, 0) is 52.0 Å². The van der Waals surface area contributed by atoms with E-state index in [-0.39, 0.29) is 33.6 Å². The Labute approximate surface area is 221 Å². The molecule has 0 spiro atoms. The number of benzene rings is 2.